The zero-order valence-corrected chi connectivity index (χ0v) is 13.3. The van der Waals surface area contributed by atoms with Gasteiger partial charge in [0.05, 0.1) is 6.54 Å². The van der Waals surface area contributed by atoms with Gasteiger partial charge in [-0.3, -0.25) is 9.69 Å². The fourth-order valence-corrected chi connectivity index (χ4v) is 3.14. The summed E-state index contributed by atoms with van der Waals surface area (Å²) in [5.74, 6) is -0.131. The van der Waals surface area contributed by atoms with Crippen molar-refractivity contribution in [2.24, 2.45) is 0 Å². The van der Waals surface area contributed by atoms with Crippen LogP contribution in [-0.4, -0.2) is 15.9 Å². The Bertz CT molecular complexity index is 725. The first-order valence-electron chi connectivity index (χ1n) is 6.26. The lowest BCUT2D eigenvalue weighted by Gasteiger charge is -2.14. The van der Waals surface area contributed by atoms with Gasteiger partial charge in [0, 0.05) is 9.90 Å². The molecule has 1 saturated heterocycles. The van der Waals surface area contributed by atoms with E-state index in [1.807, 2.05) is 41.8 Å². The van der Waals surface area contributed by atoms with Crippen LogP contribution >= 0.6 is 35.2 Å². The molecular formula is C15H11ClN2OS2. The number of amides is 1. The number of carbonyl (C=O) groups excluding carboxylic acids is 1. The smallest absolute Gasteiger partial charge is 0.276 e. The largest absolute Gasteiger partial charge is 0.328 e. The quantitative estimate of drug-likeness (QED) is 0.686. The van der Waals surface area contributed by atoms with E-state index in [1.54, 1.807) is 17.4 Å². The van der Waals surface area contributed by atoms with E-state index in [1.165, 1.54) is 4.90 Å². The SMILES string of the molecule is O=C1/C(=C\c2cccs2)NC(=S)N1Cc1ccccc1Cl. The average molecular weight is 335 g/mol. The van der Waals surface area contributed by atoms with Crippen molar-refractivity contribution in [3.63, 3.8) is 0 Å². The number of rotatable bonds is 3. The number of nitrogens with one attached hydrogen (secondary N) is 1. The van der Waals surface area contributed by atoms with Crippen LogP contribution in [0.5, 0.6) is 0 Å². The number of benzene rings is 1. The van der Waals surface area contributed by atoms with Gasteiger partial charge in [-0.25, -0.2) is 0 Å². The molecule has 0 atom stereocenters. The second kappa shape index (κ2) is 5.97. The molecule has 3 rings (SSSR count). The van der Waals surface area contributed by atoms with E-state index in [0.29, 0.717) is 22.4 Å². The number of halogens is 1. The minimum absolute atomic E-state index is 0.131. The number of nitrogens with zero attached hydrogens (tertiary/aromatic N) is 1. The van der Waals surface area contributed by atoms with Gasteiger partial charge in [-0.05, 0) is 41.4 Å². The predicted molar refractivity (Wildman–Crippen MR) is 90.0 cm³/mol. The standard InChI is InChI=1S/C15H11ClN2OS2/c16-12-6-2-1-4-10(12)9-18-14(19)13(17-15(18)20)8-11-5-3-7-21-11/h1-8H,9H2,(H,17,20)/b13-8+. The minimum atomic E-state index is -0.131. The summed E-state index contributed by atoms with van der Waals surface area (Å²) in [6, 6.07) is 11.3. The van der Waals surface area contributed by atoms with Crippen molar-refractivity contribution in [2.75, 3.05) is 0 Å². The topological polar surface area (TPSA) is 32.3 Å². The van der Waals surface area contributed by atoms with E-state index in [4.69, 9.17) is 23.8 Å². The molecule has 1 aliphatic rings. The Morgan fingerprint density at radius 2 is 2.10 bits per heavy atom. The van der Waals surface area contributed by atoms with Gasteiger partial charge in [0.1, 0.15) is 5.70 Å². The van der Waals surface area contributed by atoms with Crippen LogP contribution in [0.25, 0.3) is 6.08 Å². The highest BCUT2D eigenvalue weighted by molar-refractivity contribution is 7.80. The maximum absolute atomic E-state index is 12.4. The first kappa shape index (κ1) is 14.3. The van der Waals surface area contributed by atoms with Crippen LogP contribution in [0.3, 0.4) is 0 Å². The number of hydrogen-bond acceptors (Lipinski definition) is 3. The monoisotopic (exact) mass is 334 g/mol. The number of hydrogen-bond donors (Lipinski definition) is 1. The third kappa shape index (κ3) is 3.00. The fraction of sp³-hybridized carbons (Fsp3) is 0.0667. The summed E-state index contributed by atoms with van der Waals surface area (Å²) in [7, 11) is 0. The van der Waals surface area contributed by atoms with Crippen molar-refractivity contribution < 1.29 is 4.79 Å². The molecule has 1 fully saturated rings. The molecule has 0 radical (unpaired) electrons. The zero-order valence-electron chi connectivity index (χ0n) is 10.9. The molecule has 0 aliphatic carbocycles. The van der Waals surface area contributed by atoms with Crippen LogP contribution in [0.1, 0.15) is 10.4 Å². The molecule has 2 aromatic rings. The second-order valence-corrected chi connectivity index (χ2v) is 6.26. The van der Waals surface area contributed by atoms with Crippen LogP contribution < -0.4 is 5.32 Å². The predicted octanol–water partition coefficient (Wildman–Crippen LogP) is 3.66. The van der Waals surface area contributed by atoms with E-state index in [9.17, 15) is 4.79 Å². The van der Waals surface area contributed by atoms with Crippen molar-refractivity contribution in [3.8, 4) is 0 Å². The maximum Gasteiger partial charge on any atom is 0.276 e. The van der Waals surface area contributed by atoms with Crippen molar-refractivity contribution in [1.29, 1.82) is 0 Å². The fourth-order valence-electron chi connectivity index (χ4n) is 2.03. The van der Waals surface area contributed by atoms with E-state index in [-0.39, 0.29) is 5.91 Å². The first-order valence-corrected chi connectivity index (χ1v) is 7.93. The molecule has 0 unspecified atom stereocenters. The Morgan fingerprint density at radius 1 is 1.29 bits per heavy atom. The third-order valence-electron chi connectivity index (χ3n) is 3.08. The van der Waals surface area contributed by atoms with E-state index in [0.717, 1.165) is 10.4 Å². The van der Waals surface area contributed by atoms with Gasteiger partial charge >= 0.3 is 0 Å². The Hall–Kier alpha value is -1.69. The average Bonchev–Trinajstić information content (AvgIpc) is 3.05. The Morgan fingerprint density at radius 3 is 2.81 bits per heavy atom. The molecule has 1 amide bonds. The van der Waals surface area contributed by atoms with Gasteiger partial charge < -0.3 is 5.32 Å². The molecule has 0 bridgehead atoms. The van der Waals surface area contributed by atoms with Gasteiger partial charge in [0.2, 0.25) is 0 Å². The van der Waals surface area contributed by atoms with Crippen LogP contribution in [0.4, 0.5) is 0 Å². The highest BCUT2D eigenvalue weighted by Crippen LogP contribution is 2.22. The lowest BCUT2D eigenvalue weighted by Crippen LogP contribution is -2.30. The van der Waals surface area contributed by atoms with Crippen LogP contribution in [0, 0.1) is 0 Å². The van der Waals surface area contributed by atoms with Gasteiger partial charge in [0.15, 0.2) is 5.11 Å². The van der Waals surface area contributed by atoms with Crippen molar-refractivity contribution in [2.45, 2.75) is 6.54 Å². The van der Waals surface area contributed by atoms with Crippen molar-refractivity contribution in [3.05, 3.63) is 62.9 Å². The third-order valence-corrected chi connectivity index (χ3v) is 4.59. The van der Waals surface area contributed by atoms with Gasteiger partial charge in [-0.2, -0.15) is 0 Å². The van der Waals surface area contributed by atoms with Crippen molar-refractivity contribution >= 4 is 52.3 Å². The maximum atomic E-state index is 12.4. The Kier molecular flexibility index (Phi) is 4.05. The van der Waals surface area contributed by atoms with Gasteiger partial charge in [-0.15, -0.1) is 11.3 Å². The molecule has 1 aromatic heterocycles. The summed E-state index contributed by atoms with van der Waals surface area (Å²) in [5.41, 5.74) is 1.36. The molecule has 21 heavy (non-hydrogen) atoms. The normalized spacial score (nSPS) is 16.6. The van der Waals surface area contributed by atoms with Crippen LogP contribution in [0.2, 0.25) is 5.02 Å². The summed E-state index contributed by atoms with van der Waals surface area (Å²) in [4.78, 5) is 15.0. The van der Waals surface area contributed by atoms with Gasteiger partial charge in [0.25, 0.3) is 5.91 Å². The van der Waals surface area contributed by atoms with Crippen molar-refractivity contribution in [1.82, 2.24) is 10.2 Å². The summed E-state index contributed by atoms with van der Waals surface area (Å²) in [5, 5.41) is 5.96. The molecule has 3 nitrogen and oxygen atoms in total. The lowest BCUT2D eigenvalue weighted by molar-refractivity contribution is -0.122. The first-order chi connectivity index (χ1) is 10.1. The molecule has 0 spiro atoms. The molecule has 106 valence electrons. The Balaban J connectivity index is 1.83. The Labute approximate surface area is 136 Å². The minimum Gasteiger partial charge on any atom is -0.328 e. The lowest BCUT2D eigenvalue weighted by atomic mass is 10.2. The molecule has 1 aliphatic heterocycles. The summed E-state index contributed by atoms with van der Waals surface area (Å²) in [6.07, 6.45) is 1.81. The second-order valence-electron chi connectivity index (χ2n) is 4.49. The molecular weight excluding hydrogens is 324 g/mol. The van der Waals surface area contributed by atoms with E-state index < -0.39 is 0 Å². The summed E-state index contributed by atoms with van der Waals surface area (Å²) < 4.78 is 0. The van der Waals surface area contributed by atoms with Crippen LogP contribution in [-0.2, 0) is 11.3 Å². The van der Waals surface area contributed by atoms with E-state index in [2.05, 4.69) is 5.32 Å². The van der Waals surface area contributed by atoms with Gasteiger partial charge in [-0.1, -0.05) is 35.9 Å². The van der Waals surface area contributed by atoms with Crippen LogP contribution in [0.15, 0.2) is 47.5 Å². The molecule has 2 heterocycles. The molecule has 6 heteroatoms. The number of thiocarbonyl (C=S) groups is 1. The summed E-state index contributed by atoms with van der Waals surface area (Å²) >= 11 is 13.0. The highest BCUT2D eigenvalue weighted by Gasteiger charge is 2.30. The van der Waals surface area contributed by atoms with E-state index >= 15 is 0 Å². The molecule has 1 aromatic carbocycles. The highest BCUT2D eigenvalue weighted by atomic mass is 35.5. The zero-order chi connectivity index (χ0) is 14.8. The number of thiophene rings is 1. The number of carbonyl (C=O) groups is 1. The molecule has 1 N–H and O–H groups in total. The summed E-state index contributed by atoms with van der Waals surface area (Å²) in [6.45, 7) is 0.367. The molecule has 0 saturated carbocycles.